The van der Waals surface area contributed by atoms with Crippen LogP contribution in [0.1, 0.15) is 18.4 Å². The summed E-state index contributed by atoms with van der Waals surface area (Å²) in [6.45, 7) is 1.72. The highest BCUT2D eigenvalue weighted by Crippen LogP contribution is 2.28. The van der Waals surface area contributed by atoms with Crippen LogP contribution in [0.4, 0.5) is 15.8 Å². The van der Waals surface area contributed by atoms with Crippen LogP contribution in [0.15, 0.2) is 47.4 Å². The minimum atomic E-state index is -3.97. The Morgan fingerprint density at radius 3 is 2.45 bits per heavy atom. The molecule has 0 aliphatic carbocycles. The van der Waals surface area contributed by atoms with Gasteiger partial charge in [-0.25, -0.2) is 12.8 Å². The molecule has 1 N–H and O–H groups in total. The standard InChI is InChI=1S/C19H20FN3O5S/c1-13-16(6-4-7-17(13)23(25)26)21-19(24)14-9-11-22(12-10-14)29(27,28)18-8-3-2-5-15(18)20/h2-8,14H,9-12H2,1H3,(H,21,24). The van der Waals surface area contributed by atoms with E-state index in [1.165, 1.54) is 34.6 Å². The average Bonchev–Trinajstić information content (AvgIpc) is 2.69. The maximum absolute atomic E-state index is 13.9. The second-order valence-electron chi connectivity index (χ2n) is 6.80. The largest absolute Gasteiger partial charge is 0.325 e. The van der Waals surface area contributed by atoms with Gasteiger partial charge in [0.1, 0.15) is 10.7 Å². The van der Waals surface area contributed by atoms with Gasteiger partial charge in [-0.05, 0) is 38.0 Å². The number of piperidine rings is 1. The van der Waals surface area contributed by atoms with Crippen molar-refractivity contribution in [3.8, 4) is 0 Å². The predicted octanol–water partition coefficient (Wildman–Crippen LogP) is 3.08. The lowest BCUT2D eigenvalue weighted by Crippen LogP contribution is -2.41. The molecule has 1 amide bonds. The Bertz CT molecular complexity index is 1050. The van der Waals surface area contributed by atoms with Crippen LogP contribution in [0.3, 0.4) is 0 Å². The molecule has 2 aromatic carbocycles. The van der Waals surface area contributed by atoms with E-state index >= 15 is 0 Å². The zero-order chi connectivity index (χ0) is 21.2. The van der Waals surface area contributed by atoms with E-state index < -0.39 is 26.7 Å². The van der Waals surface area contributed by atoms with Gasteiger partial charge in [0.15, 0.2) is 0 Å². The number of nitrogens with zero attached hydrogens (tertiary/aromatic N) is 2. The summed E-state index contributed by atoms with van der Waals surface area (Å²) in [5.74, 6) is -1.58. The molecule has 1 heterocycles. The Labute approximate surface area is 167 Å². The Morgan fingerprint density at radius 2 is 1.83 bits per heavy atom. The molecule has 3 rings (SSSR count). The normalized spacial score (nSPS) is 15.8. The molecule has 10 heteroatoms. The lowest BCUT2D eigenvalue weighted by Gasteiger charge is -2.30. The first kappa shape index (κ1) is 20.9. The van der Waals surface area contributed by atoms with Crippen LogP contribution in [0.2, 0.25) is 0 Å². The van der Waals surface area contributed by atoms with E-state index in [4.69, 9.17) is 0 Å². The molecule has 1 aliphatic rings. The number of amides is 1. The van der Waals surface area contributed by atoms with E-state index in [0.29, 0.717) is 11.3 Å². The second kappa shape index (κ2) is 8.26. The highest BCUT2D eigenvalue weighted by atomic mass is 32.2. The van der Waals surface area contributed by atoms with Crippen LogP contribution in [0.5, 0.6) is 0 Å². The summed E-state index contributed by atoms with van der Waals surface area (Å²) < 4.78 is 40.4. The van der Waals surface area contributed by atoms with E-state index in [1.807, 2.05) is 0 Å². The van der Waals surface area contributed by atoms with Gasteiger partial charge in [-0.1, -0.05) is 18.2 Å². The van der Waals surface area contributed by atoms with Gasteiger partial charge >= 0.3 is 0 Å². The fraction of sp³-hybridized carbons (Fsp3) is 0.316. The summed E-state index contributed by atoms with van der Waals surface area (Å²) >= 11 is 0. The average molecular weight is 421 g/mol. The Balaban J connectivity index is 1.67. The predicted molar refractivity (Wildman–Crippen MR) is 104 cm³/mol. The molecule has 0 saturated carbocycles. The number of rotatable bonds is 5. The second-order valence-corrected chi connectivity index (χ2v) is 8.71. The van der Waals surface area contributed by atoms with E-state index in [1.54, 1.807) is 13.0 Å². The van der Waals surface area contributed by atoms with Crippen molar-refractivity contribution in [1.29, 1.82) is 0 Å². The van der Waals surface area contributed by atoms with Crippen LogP contribution in [0.25, 0.3) is 0 Å². The van der Waals surface area contributed by atoms with Crippen LogP contribution in [-0.2, 0) is 14.8 Å². The van der Waals surface area contributed by atoms with Crippen LogP contribution >= 0.6 is 0 Å². The van der Waals surface area contributed by atoms with Gasteiger partial charge in [-0.15, -0.1) is 0 Å². The number of hydrogen-bond acceptors (Lipinski definition) is 5. The maximum atomic E-state index is 13.9. The van der Waals surface area contributed by atoms with E-state index in [9.17, 15) is 27.7 Å². The number of nitro benzene ring substituents is 1. The molecule has 0 bridgehead atoms. The number of hydrogen-bond donors (Lipinski definition) is 1. The molecule has 0 aromatic heterocycles. The molecular formula is C19H20FN3O5S. The number of nitrogens with one attached hydrogen (secondary N) is 1. The molecule has 0 unspecified atom stereocenters. The first-order valence-electron chi connectivity index (χ1n) is 9.01. The lowest BCUT2D eigenvalue weighted by atomic mass is 9.97. The third-order valence-corrected chi connectivity index (χ3v) is 6.97. The summed E-state index contributed by atoms with van der Waals surface area (Å²) in [7, 11) is -3.97. The van der Waals surface area contributed by atoms with Crippen LogP contribution in [0, 0.1) is 28.8 Å². The summed E-state index contributed by atoms with van der Waals surface area (Å²) in [5, 5.41) is 13.7. The van der Waals surface area contributed by atoms with Gasteiger partial charge in [-0.3, -0.25) is 14.9 Å². The van der Waals surface area contributed by atoms with Gasteiger partial charge in [0.05, 0.1) is 16.2 Å². The van der Waals surface area contributed by atoms with Crippen molar-refractivity contribution in [3.63, 3.8) is 0 Å². The summed E-state index contributed by atoms with van der Waals surface area (Å²) in [5.41, 5.74) is 0.615. The monoisotopic (exact) mass is 421 g/mol. The van der Waals surface area contributed by atoms with Crippen molar-refractivity contribution >= 4 is 27.3 Å². The minimum absolute atomic E-state index is 0.0860. The van der Waals surface area contributed by atoms with E-state index in [-0.39, 0.29) is 42.4 Å². The van der Waals surface area contributed by atoms with E-state index in [0.717, 1.165) is 6.07 Å². The molecule has 0 atom stereocenters. The number of nitro groups is 1. The third kappa shape index (κ3) is 4.28. The lowest BCUT2D eigenvalue weighted by molar-refractivity contribution is -0.385. The Morgan fingerprint density at radius 1 is 1.17 bits per heavy atom. The van der Waals surface area contributed by atoms with Crippen molar-refractivity contribution in [3.05, 3.63) is 64.0 Å². The molecule has 1 aliphatic heterocycles. The number of carbonyl (C=O) groups is 1. The molecule has 1 fully saturated rings. The van der Waals surface area contributed by atoms with Gasteiger partial charge in [0.2, 0.25) is 15.9 Å². The summed E-state index contributed by atoms with van der Waals surface area (Å²) in [6.07, 6.45) is 0.543. The quantitative estimate of drug-likeness (QED) is 0.589. The molecule has 0 radical (unpaired) electrons. The zero-order valence-corrected chi connectivity index (χ0v) is 16.5. The maximum Gasteiger partial charge on any atom is 0.274 e. The molecule has 154 valence electrons. The summed E-state index contributed by atoms with van der Waals surface area (Å²) in [4.78, 5) is 22.7. The van der Waals surface area contributed by atoms with Crippen molar-refractivity contribution in [2.75, 3.05) is 18.4 Å². The van der Waals surface area contributed by atoms with Crippen molar-refractivity contribution in [2.45, 2.75) is 24.7 Å². The van der Waals surface area contributed by atoms with E-state index in [2.05, 4.69) is 5.32 Å². The number of carbonyl (C=O) groups excluding carboxylic acids is 1. The van der Waals surface area contributed by atoms with Crippen LogP contribution < -0.4 is 5.32 Å². The van der Waals surface area contributed by atoms with Crippen molar-refractivity contribution < 1.29 is 22.5 Å². The highest BCUT2D eigenvalue weighted by Gasteiger charge is 2.33. The minimum Gasteiger partial charge on any atom is -0.325 e. The highest BCUT2D eigenvalue weighted by molar-refractivity contribution is 7.89. The van der Waals surface area contributed by atoms with Crippen molar-refractivity contribution in [2.24, 2.45) is 5.92 Å². The topological polar surface area (TPSA) is 110 Å². The molecular weight excluding hydrogens is 401 g/mol. The Hall–Kier alpha value is -2.85. The molecule has 0 spiro atoms. The summed E-state index contributed by atoms with van der Waals surface area (Å²) in [6, 6.07) is 9.61. The fourth-order valence-corrected chi connectivity index (χ4v) is 4.88. The molecule has 1 saturated heterocycles. The number of sulfonamides is 1. The van der Waals surface area contributed by atoms with Gasteiger partial charge < -0.3 is 5.32 Å². The van der Waals surface area contributed by atoms with Gasteiger partial charge in [-0.2, -0.15) is 4.31 Å². The first-order chi connectivity index (χ1) is 13.7. The molecule has 8 nitrogen and oxygen atoms in total. The van der Waals surface area contributed by atoms with Gasteiger partial charge in [0, 0.05) is 25.1 Å². The number of anilines is 1. The molecule has 2 aromatic rings. The number of benzene rings is 2. The van der Waals surface area contributed by atoms with Crippen LogP contribution in [-0.4, -0.2) is 36.6 Å². The molecule has 29 heavy (non-hydrogen) atoms. The number of halogens is 1. The Kier molecular flexibility index (Phi) is 5.94. The first-order valence-corrected chi connectivity index (χ1v) is 10.5. The van der Waals surface area contributed by atoms with Gasteiger partial charge in [0.25, 0.3) is 5.69 Å². The zero-order valence-electron chi connectivity index (χ0n) is 15.7. The smallest absolute Gasteiger partial charge is 0.274 e. The third-order valence-electron chi connectivity index (χ3n) is 5.04. The fourth-order valence-electron chi connectivity index (χ4n) is 3.34. The SMILES string of the molecule is Cc1c(NC(=O)C2CCN(S(=O)(=O)c3ccccc3F)CC2)cccc1[N+](=O)[O-]. The van der Waals surface area contributed by atoms with Crippen molar-refractivity contribution in [1.82, 2.24) is 4.31 Å².